The van der Waals surface area contributed by atoms with Gasteiger partial charge in [0.05, 0.1) is 11.5 Å². The van der Waals surface area contributed by atoms with Gasteiger partial charge in [-0.25, -0.2) is 0 Å². The molecule has 1 amide bonds. The number of hydrogen-bond acceptors (Lipinski definition) is 4. The summed E-state index contributed by atoms with van der Waals surface area (Å²) in [4.78, 5) is 11.9. The summed E-state index contributed by atoms with van der Waals surface area (Å²) in [7, 11) is 0. The van der Waals surface area contributed by atoms with Crippen molar-refractivity contribution in [1.29, 1.82) is 0 Å². The third-order valence-electron chi connectivity index (χ3n) is 3.41. The number of rotatable bonds is 4. The van der Waals surface area contributed by atoms with E-state index in [9.17, 15) is 4.79 Å². The van der Waals surface area contributed by atoms with Gasteiger partial charge >= 0.3 is 0 Å². The first-order valence-corrected chi connectivity index (χ1v) is 8.37. The maximum atomic E-state index is 11.9. The highest BCUT2D eigenvalue weighted by Gasteiger charge is 2.16. The fourth-order valence-electron chi connectivity index (χ4n) is 2.18. The van der Waals surface area contributed by atoms with Gasteiger partial charge in [0.1, 0.15) is 5.04 Å². The lowest BCUT2D eigenvalue weighted by atomic mass is 10.1. The van der Waals surface area contributed by atoms with E-state index in [4.69, 9.17) is 0 Å². The van der Waals surface area contributed by atoms with Crippen molar-refractivity contribution in [2.24, 2.45) is 10.2 Å². The van der Waals surface area contributed by atoms with Crippen LogP contribution in [0.15, 0.2) is 64.8 Å². The smallest absolute Gasteiger partial charge is 0.234 e. The van der Waals surface area contributed by atoms with E-state index in [1.165, 1.54) is 17.3 Å². The molecule has 0 atom stereocenters. The van der Waals surface area contributed by atoms with Crippen LogP contribution in [-0.4, -0.2) is 22.4 Å². The van der Waals surface area contributed by atoms with Gasteiger partial charge in [-0.3, -0.25) is 4.79 Å². The summed E-state index contributed by atoms with van der Waals surface area (Å²) in [5.74, 6) is 0.303. The lowest BCUT2D eigenvalue weighted by molar-refractivity contribution is -0.113. The van der Waals surface area contributed by atoms with Gasteiger partial charge in [-0.15, -0.1) is 5.10 Å². The fourth-order valence-corrected chi connectivity index (χ4v) is 2.89. The molecule has 0 unspecified atom stereocenters. The Morgan fingerprint density at radius 3 is 2.57 bits per heavy atom. The van der Waals surface area contributed by atoms with Gasteiger partial charge < -0.3 is 5.32 Å². The number of amides is 1. The van der Waals surface area contributed by atoms with Crippen LogP contribution in [0.3, 0.4) is 0 Å². The normalized spacial score (nSPS) is 13.4. The number of nitrogens with one attached hydrogen (secondary N) is 1. The average Bonchev–Trinajstić information content (AvgIpc) is 3.04. The van der Waals surface area contributed by atoms with Crippen molar-refractivity contribution in [3.05, 3.63) is 65.7 Å². The maximum absolute atomic E-state index is 11.9. The minimum atomic E-state index is -0.0346. The van der Waals surface area contributed by atoms with Gasteiger partial charge in [0.2, 0.25) is 5.91 Å². The van der Waals surface area contributed by atoms with Gasteiger partial charge in [0.15, 0.2) is 0 Å². The Labute approximate surface area is 139 Å². The zero-order valence-corrected chi connectivity index (χ0v) is 13.6. The Bertz CT molecular complexity index is 752. The minimum Gasteiger partial charge on any atom is -0.325 e. The van der Waals surface area contributed by atoms with Gasteiger partial charge in [-0.05, 0) is 24.6 Å². The van der Waals surface area contributed by atoms with E-state index in [0.29, 0.717) is 12.2 Å². The standard InChI is InChI=1S/C18H17N3OS/c1-13-7-9-14(10-8-13)16-11-18(21-20-16)23-12-17(22)19-15-5-3-2-4-6-15/h2-10H,11-12H2,1H3,(H,19,22). The van der Waals surface area contributed by atoms with Crippen molar-refractivity contribution < 1.29 is 4.79 Å². The van der Waals surface area contributed by atoms with Crippen LogP contribution in [0.25, 0.3) is 0 Å². The molecule has 116 valence electrons. The summed E-state index contributed by atoms with van der Waals surface area (Å²) in [6.07, 6.45) is 0.687. The van der Waals surface area contributed by atoms with Crippen LogP contribution in [0.4, 0.5) is 5.69 Å². The first-order chi connectivity index (χ1) is 11.2. The monoisotopic (exact) mass is 323 g/mol. The molecular formula is C18H17N3OS. The molecule has 0 radical (unpaired) electrons. The predicted molar refractivity (Wildman–Crippen MR) is 97.3 cm³/mol. The van der Waals surface area contributed by atoms with Gasteiger partial charge in [0.25, 0.3) is 0 Å². The van der Waals surface area contributed by atoms with E-state index in [1.54, 1.807) is 0 Å². The molecule has 0 aromatic heterocycles. The Balaban J connectivity index is 1.47. The first kappa shape index (κ1) is 15.5. The van der Waals surface area contributed by atoms with E-state index in [0.717, 1.165) is 22.0 Å². The van der Waals surface area contributed by atoms with E-state index in [1.807, 2.05) is 30.3 Å². The van der Waals surface area contributed by atoms with Crippen LogP contribution in [0.5, 0.6) is 0 Å². The molecule has 0 aliphatic carbocycles. The maximum Gasteiger partial charge on any atom is 0.234 e. The molecule has 1 N–H and O–H groups in total. The van der Waals surface area contributed by atoms with Crippen LogP contribution in [0.1, 0.15) is 17.5 Å². The van der Waals surface area contributed by atoms with E-state index in [2.05, 4.69) is 46.7 Å². The van der Waals surface area contributed by atoms with Crippen molar-refractivity contribution in [1.82, 2.24) is 0 Å². The van der Waals surface area contributed by atoms with Crippen LogP contribution in [0, 0.1) is 6.92 Å². The molecule has 0 bridgehead atoms. The van der Waals surface area contributed by atoms with Gasteiger partial charge in [-0.1, -0.05) is 59.8 Å². The summed E-state index contributed by atoms with van der Waals surface area (Å²) < 4.78 is 0. The molecular weight excluding hydrogens is 306 g/mol. The highest BCUT2D eigenvalue weighted by molar-refractivity contribution is 8.14. The quantitative estimate of drug-likeness (QED) is 0.928. The van der Waals surface area contributed by atoms with Crippen LogP contribution in [0.2, 0.25) is 0 Å². The van der Waals surface area contributed by atoms with Crippen LogP contribution >= 0.6 is 11.8 Å². The van der Waals surface area contributed by atoms with E-state index in [-0.39, 0.29) is 5.91 Å². The number of carbonyl (C=O) groups is 1. The SMILES string of the molecule is Cc1ccc(C2=NN=C(SCC(=O)Nc3ccccc3)C2)cc1. The number of benzene rings is 2. The molecule has 5 heteroatoms. The Morgan fingerprint density at radius 1 is 1.09 bits per heavy atom. The number of anilines is 1. The number of para-hydroxylation sites is 1. The third kappa shape index (κ3) is 4.29. The highest BCUT2D eigenvalue weighted by Crippen LogP contribution is 2.19. The van der Waals surface area contributed by atoms with Gasteiger partial charge in [-0.2, -0.15) is 5.10 Å². The highest BCUT2D eigenvalue weighted by atomic mass is 32.2. The number of thioether (sulfide) groups is 1. The summed E-state index contributed by atoms with van der Waals surface area (Å²) >= 11 is 1.44. The second-order valence-electron chi connectivity index (χ2n) is 5.29. The Hall–Kier alpha value is -2.40. The molecule has 0 fully saturated rings. The Kier molecular flexibility index (Phi) is 4.88. The molecule has 2 aromatic rings. The van der Waals surface area contributed by atoms with E-state index < -0.39 is 0 Å². The molecule has 0 saturated heterocycles. The molecule has 3 rings (SSSR count). The zero-order valence-electron chi connectivity index (χ0n) is 12.8. The van der Waals surface area contributed by atoms with Crippen molar-refractivity contribution in [2.75, 3.05) is 11.1 Å². The van der Waals surface area contributed by atoms with Crippen molar-refractivity contribution >= 4 is 34.1 Å². The van der Waals surface area contributed by atoms with Crippen molar-refractivity contribution in [3.63, 3.8) is 0 Å². The summed E-state index contributed by atoms with van der Waals surface area (Å²) in [5.41, 5.74) is 4.07. The number of carbonyl (C=O) groups excluding carboxylic acids is 1. The van der Waals surface area contributed by atoms with Crippen LogP contribution < -0.4 is 5.32 Å². The van der Waals surface area contributed by atoms with Crippen molar-refractivity contribution in [2.45, 2.75) is 13.3 Å². The molecule has 0 spiro atoms. The molecule has 2 aromatic carbocycles. The molecule has 1 aliphatic heterocycles. The number of aryl methyl sites for hydroxylation is 1. The molecule has 1 aliphatic rings. The number of hydrogen-bond donors (Lipinski definition) is 1. The lowest BCUT2D eigenvalue weighted by Gasteiger charge is -2.05. The van der Waals surface area contributed by atoms with Crippen LogP contribution in [-0.2, 0) is 4.79 Å². The largest absolute Gasteiger partial charge is 0.325 e. The van der Waals surface area contributed by atoms with Gasteiger partial charge in [0, 0.05) is 12.1 Å². The topological polar surface area (TPSA) is 53.8 Å². The molecule has 1 heterocycles. The summed E-state index contributed by atoms with van der Waals surface area (Å²) in [6, 6.07) is 17.7. The first-order valence-electron chi connectivity index (χ1n) is 7.39. The molecule has 23 heavy (non-hydrogen) atoms. The molecule has 0 saturated carbocycles. The minimum absolute atomic E-state index is 0.0346. The number of nitrogens with zero attached hydrogens (tertiary/aromatic N) is 2. The lowest BCUT2D eigenvalue weighted by Crippen LogP contribution is -2.15. The second-order valence-corrected chi connectivity index (χ2v) is 6.33. The third-order valence-corrected chi connectivity index (χ3v) is 4.38. The Morgan fingerprint density at radius 2 is 1.83 bits per heavy atom. The average molecular weight is 323 g/mol. The fraction of sp³-hybridized carbons (Fsp3) is 0.167. The zero-order chi connectivity index (χ0) is 16.1. The predicted octanol–water partition coefficient (Wildman–Crippen LogP) is 3.87. The van der Waals surface area contributed by atoms with E-state index >= 15 is 0 Å². The second kappa shape index (κ2) is 7.24. The summed E-state index contributed by atoms with van der Waals surface area (Å²) in [6.45, 7) is 2.06. The molecule has 4 nitrogen and oxygen atoms in total. The summed E-state index contributed by atoms with van der Waals surface area (Å²) in [5, 5.41) is 12.2. The van der Waals surface area contributed by atoms with Crippen molar-refractivity contribution in [3.8, 4) is 0 Å².